The summed E-state index contributed by atoms with van der Waals surface area (Å²) < 4.78 is 32.5. The molecule has 4 rings (SSSR count). The Morgan fingerprint density at radius 2 is 1.90 bits per heavy atom. The Balaban J connectivity index is 1.60. The van der Waals surface area contributed by atoms with Crippen LogP contribution in [0.4, 0.5) is 10.5 Å². The molecule has 1 unspecified atom stereocenters. The van der Waals surface area contributed by atoms with E-state index in [2.05, 4.69) is 25.2 Å². The van der Waals surface area contributed by atoms with Gasteiger partial charge in [-0.15, -0.1) is 0 Å². The van der Waals surface area contributed by atoms with Crippen molar-refractivity contribution in [3.8, 4) is 0 Å². The molecular weight excluding hydrogens is 416 g/mol. The van der Waals surface area contributed by atoms with Crippen molar-refractivity contribution in [3.05, 3.63) is 46.2 Å². The number of amides is 2. The van der Waals surface area contributed by atoms with Gasteiger partial charge in [-0.3, -0.25) is 0 Å². The second-order valence-electron chi connectivity index (χ2n) is 9.37. The smallest absolute Gasteiger partial charge is 0.333 e. The number of carbonyl (C=O) groups is 1. The van der Waals surface area contributed by atoms with Crippen molar-refractivity contribution in [2.24, 2.45) is 5.92 Å². The van der Waals surface area contributed by atoms with Gasteiger partial charge >= 0.3 is 6.03 Å². The van der Waals surface area contributed by atoms with Gasteiger partial charge in [0.1, 0.15) is 0 Å². The highest BCUT2D eigenvalue weighted by Gasteiger charge is 2.33. The van der Waals surface area contributed by atoms with Gasteiger partial charge in [-0.25, -0.2) is 9.52 Å². The molecule has 0 radical (unpaired) electrons. The average molecular weight is 447 g/mol. The van der Waals surface area contributed by atoms with Crippen molar-refractivity contribution in [2.45, 2.75) is 76.4 Å². The van der Waals surface area contributed by atoms with E-state index >= 15 is 0 Å². The van der Waals surface area contributed by atoms with Crippen LogP contribution < -0.4 is 10.0 Å². The van der Waals surface area contributed by atoms with E-state index in [0.717, 1.165) is 36.1 Å². The first-order chi connectivity index (χ1) is 14.5. The molecule has 2 amide bonds. The Morgan fingerprint density at radius 3 is 2.52 bits per heavy atom. The number of urea groups is 1. The summed E-state index contributed by atoms with van der Waals surface area (Å²) in [6.45, 7) is 7.33. The molecule has 2 aromatic rings. The molecule has 3 N–H and O–H groups in total. The highest BCUT2D eigenvalue weighted by molar-refractivity contribution is 7.89. The highest BCUT2D eigenvalue weighted by atomic mass is 32.2. The number of anilines is 1. The third kappa shape index (κ3) is 4.36. The van der Waals surface area contributed by atoms with E-state index in [1.807, 2.05) is 4.72 Å². The van der Waals surface area contributed by atoms with Crippen molar-refractivity contribution < 1.29 is 22.7 Å². The summed E-state index contributed by atoms with van der Waals surface area (Å²) in [6, 6.07) is 2.56. The molecule has 1 atom stereocenters. The zero-order valence-electron chi connectivity index (χ0n) is 18.4. The van der Waals surface area contributed by atoms with Gasteiger partial charge in [0.15, 0.2) is 0 Å². The van der Waals surface area contributed by atoms with Gasteiger partial charge in [-0.1, -0.05) is 13.0 Å². The average Bonchev–Trinajstić information content (AvgIpc) is 3.17. The third-order valence-corrected chi connectivity index (χ3v) is 7.69. The summed E-state index contributed by atoms with van der Waals surface area (Å²) in [7, 11) is -4.22. The van der Waals surface area contributed by atoms with Crippen LogP contribution in [-0.4, -0.2) is 19.6 Å². The Morgan fingerprint density at radius 1 is 1.23 bits per heavy atom. The summed E-state index contributed by atoms with van der Waals surface area (Å²) in [6.07, 6.45) is 6.41. The van der Waals surface area contributed by atoms with Crippen LogP contribution in [0.25, 0.3) is 0 Å². The maximum Gasteiger partial charge on any atom is 0.333 e. The fraction of sp³-hybridized carbons (Fsp3) is 0.522. The Labute approximate surface area is 183 Å². The molecule has 2 aliphatic carbocycles. The van der Waals surface area contributed by atoms with E-state index in [9.17, 15) is 18.3 Å². The predicted octanol–water partition coefficient (Wildman–Crippen LogP) is 4.33. The monoisotopic (exact) mass is 446 g/mol. The van der Waals surface area contributed by atoms with Crippen LogP contribution in [0.2, 0.25) is 0 Å². The van der Waals surface area contributed by atoms with Gasteiger partial charge in [-0.05, 0) is 87.0 Å². The number of carbonyl (C=O) groups excluding carboxylic acids is 1. The quantitative estimate of drug-likeness (QED) is 0.612. The zero-order valence-corrected chi connectivity index (χ0v) is 19.2. The molecule has 168 valence electrons. The van der Waals surface area contributed by atoms with E-state index < -0.39 is 26.7 Å². The van der Waals surface area contributed by atoms with Crippen molar-refractivity contribution >= 4 is 21.7 Å². The molecule has 7 nitrogen and oxygen atoms in total. The number of nitrogens with one attached hydrogen (secondary N) is 2. The maximum absolute atomic E-state index is 12.8. The maximum atomic E-state index is 12.8. The lowest BCUT2D eigenvalue weighted by molar-refractivity contribution is 0.0779. The van der Waals surface area contributed by atoms with Crippen LogP contribution in [0.5, 0.6) is 0 Å². The second kappa shape index (κ2) is 7.67. The first kappa shape index (κ1) is 21.9. The van der Waals surface area contributed by atoms with Crippen molar-refractivity contribution in [3.63, 3.8) is 0 Å². The van der Waals surface area contributed by atoms with Crippen molar-refractivity contribution in [2.75, 3.05) is 5.32 Å². The summed E-state index contributed by atoms with van der Waals surface area (Å²) in [5.41, 5.74) is 4.50. The van der Waals surface area contributed by atoms with E-state index in [-0.39, 0.29) is 0 Å². The first-order valence-electron chi connectivity index (χ1n) is 10.8. The molecule has 2 aliphatic rings. The number of rotatable bonds is 6. The molecule has 1 fully saturated rings. The van der Waals surface area contributed by atoms with E-state index in [1.54, 1.807) is 0 Å². The van der Waals surface area contributed by atoms with Crippen LogP contribution in [0.3, 0.4) is 0 Å². The summed E-state index contributed by atoms with van der Waals surface area (Å²) in [5, 5.41) is 12.5. The van der Waals surface area contributed by atoms with Crippen LogP contribution >= 0.6 is 0 Å². The van der Waals surface area contributed by atoms with Crippen LogP contribution in [-0.2, 0) is 28.5 Å². The number of hydrogen-bond acceptors (Lipinski definition) is 5. The van der Waals surface area contributed by atoms with Gasteiger partial charge in [0.2, 0.25) is 5.09 Å². The lowest BCUT2D eigenvalue weighted by atomic mass is 9.88. The summed E-state index contributed by atoms with van der Waals surface area (Å²) >= 11 is 0. The number of aliphatic hydroxyl groups is 1. The van der Waals surface area contributed by atoms with E-state index in [0.29, 0.717) is 17.4 Å². The Kier molecular flexibility index (Phi) is 5.42. The molecule has 8 heteroatoms. The molecule has 0 bridgehead atoms. The second-order valence-corrected chi connectivity index (χ2v) is 11.0. The van der Waals surface area contributed by atoms with Crippen molar-refractivity contribution in [1.82, 2.24) is 4.72 Å². The minimum atomic E-state index is -4.22. The molecule has 1 aromatic heterocycles. The minimum Gasteiger partial charge on any atom is -0.451 e. The fourth-order valence-electron chi connectivity index (χ4n) is 4.47. The van der Waals surface area contributed by atoms with Gasteiger partial charge in [0.05, 0.1) is 11.9 Å². The normalized spacial score (nSPS) is 17.3. The number of furan rings is 1. The van der Waals surface area contributed by atoms with E-state index in [4.69, 9.17) is 4.42 Å². The number of benzene rings is 1. The largest absolute Gasteiger partial charge is 0.451 e. The minimum absolute atomic E-state index is 0.302. The van der Waals surface area contributed by atoms with Crippen molar-refractivity contribution in [1.29, 1.82) is 0 Å². The molecule has 0 spiro atoms. The molecule has 1 heterocycles. The molecular formula is C23H30N2O5S. The van der Waals surface area contributed by atoms with Crippen LogP contribution in [0, 0.1) is 12.8 Å². The number of aryl methyl sites for hydroxylation is 1. The lowest BCUT2D eigenvalue weighted by Crippen LogP contribution is -2.35. The predicted molar refractivity (Wildman–Crippen MR) is 118 cm³/mol. The van der Waals surface area contributed by atoms with Gasteiger partial charge < -0.3 is 14.8 Å². The molecule has 0 aliphatic heterocycles. The number of fused-ring (bicyclic) bond motifs is 1. The Bertz CT molecular complexity index is 1120. The molecule has 1 saturated carbocycles. The fourth-order valence-corrected chi connectivity index (χ4v) is 5.32. The zero-order chi connectivity index (χ0) is 22.6. The third-order valence-electron chi connectivity index (χ3n) is 6.49. The molecule has 0 saturated heterocycles. The number of sulfonamides is 1. The van der Waals surface area contributed by atoms with Gasteiger partial charge in [0, 0.05) is 17.3 Å². The topological polar surface area (TPSA) is 109 Å². The standard InChI is InChI=1S/C23H30N2O5S/c1-13-10-19(14(2)15-8-9-15)21(18-7-5-6-17(13)18)24-22(26)25-31(28,29)20-11-16(12-30-20)23(3,4)27/h10-12,14-15,27H,5-9H2,1-4H3,(H2,24,25,26). The van der Waals surface area contributed by atoms with E-state index in [1.165, 1.54) is 50.1 Å². The first-order valence-corrected chi connectivity index (χ1v) is 12.3. The summed E-state index contributed by atoms with van der Waals surface area (Å²) in [5.74, 6) is 0.908. The van der Waals surface area contributed by atoms with Crippen LogP contribution in [0.15, 0.2) is 27.9 Å². The number of hydrogen-bond donors (Lipinski definition) is 3. The molecule has 1 aromatic carbocycles. The highest BCUT2D eigenvalue weighted by Crippen LogP contribution is 2.47. The lowest BCUT2D eigenvalue weighted by Gasteiger charge is -2.22. The summed E-state index contributed by atoms with van der Waals surface area (Å²) in [4.78, 5) is 12.8. The van der Waals surface area contributed by atoms with Crippen LogP contribution in [0.1, 0.15) is 73.8 Å². The van der Waals surface area contributed by atoms with Gasteiger partial charge in [-0.2, -0.15) is 8.42 Å². The molecule has 31 heavy (non-hydrogen) atoms. The Hall–Kier alpha value is -2.32. The van der Waals surface area contributed by atoms with Gasteiger partial charge in [0.25, 0.3) is 10.0 Å². The SMILES string of the molecule is Cc1cc(C(C)C2CC2)c(NC(=O)NS(=O)(=O)c2cc(C(C)(C)O)co2)c2c1CCC2.